The van der Waals surface area contributed by atoms with Gasteiger partial charge < -0.3 is 10.4 Å². The number of aliphatic hydroxyl groups is 1. The summed E-state index contributed by atoms with van der Waals surface area (Å²) in [5, 5.41) is 15.3. The van der Waals surface area contributed by atoms with Crippen molar-refractivity contribution in [3.8, 4) is 0 Å². The number of hydrogen-bond donors (Lipinski definition) is 3. The summed E-state index contributed by atoms with van der Waals surface area (Å²) >= 11 is 0. The zero-order valence-corrected chi connectivity index (χ0v) is 10.7. The molecule has 2 fully saturated rings. The summed E-state index contributed by atoms with van der Waals surface area (Å²) in [6.45, 7) is 0.433. The van der Waals surface area contributed by atoms with Gasteiger partial charge in [-0.1, -0.05) is 25.7 Å². The van der Waals surface area contributed by atoms with E-state index in [0.717, 1.165) is 6.42 Å². The number of piperidine rings is 1. The maximum Gasteiger partial charge on any atom is 0.243 e. The maximum absolute atomic E-state index is 11.5. The van der Waals surface area contributed by atoms with Gasteiger partial charge in [0.2, 0.25) is 11.8 Å². The molecule has 0 radical (unpaired) electrons. The largest absolute Gasteiger partial charge is 0.392 e. The average molecular weight is 254 g/mol. The third-order valence-electron chi connectivity index (χ3n) is 3.92. The van der Waals surface area contributed by atoms with Crippen molar-refractivity contribution in [1.82, 2.24) is 10.6 Å². The lowest BCUT2D eigenvalue weighted by Crippen LogP contribution is -2.52. The number of aliphatic hydroxyl groups excluding tert-OH is 1. The van der Waals surface area contributed by atoms with Crippen molar-refractivity contribution in [3.63, 3.8) is 0 Å². The average Bonchev–Trinajstić information content (AvgIpc) is 2.80. The first-order valence-electron chi connectivity index (χ1n) is 6.90. The highest BCUT2D eigenvalue weighted by atomic mass is 16.3. The van der Waals surface area contributed by atoms with Crippen LogP contribution < -0.4 is 10.6 Å². The van der Waals surface area contributed by atoms with Gasteiger partial charge in [-0.25, -0.2) is 0 Å². The molecule has 0 aromatic carbocycles. The van der Waals surface area contributed by atoms with Gasteiger partial charge in [0, 0.05) is 13.0 Å². The molecule has 2 amide bonds. The molecule has 3 N–H and O–H groups in total. The quantitative estimate of drug-likeness (QED) is 0.618. The van der Waals surface area contributed by atoms with Crippen molar-refractivity contribution in [2.45, 2.75) is 57.1 Å². The van der Waals surface area contributed by atoms with Gasteiger partial charge in [-0.15, -0.1) is 0 Å². The van der Waals surface area contributed by atoms with Crippen molar-refractivity contribution < 1.29 is 14.7 Å². The SMILES string of the molecule is O=C1CCC(NCC(O)CC2CCCC2)C(=O)N1. The molecule has 102 valence electrons. The van der Waals surface area contributed by atoms with Gasteiger partial charge in [0.05, 0.1) is 12.1 Å². The Morgan fingerprint density at radius 2 is 2.00 bits per heavy atom. The summed E-state index contributed by atoms with van der Waals surface area (Å²) in [5.74, 6) is 0.174. The Kier molecular flexibility index (Phi) is 4.72. The van der Waals surface area contributed by atoms with Crippen LogP contribution >= 0.6 is 0 Å². The highest BCUT2D eigenvalue weighted by molar-refractivity contribution is 6.00. The Bertz CT molecular complexity index is 313. The van der Waals surface area contributed by atoms with Crippen LogP contribution in [-0.4, -0.2) is 35.6 Å². The Balaban J connectivity index is 1.67. The van der Waals surface area contributed by atoms with Gasteiger partial charge in [-0.2, -0.15) is 0 Å². The molecule has 5 nitrogen and oxygen atoms in total. The highest BCUT2D eigenvalue weighted by Crippen LogP contribution is 2.28. The normalized spacial score (nSPS) is 27.3. The Labute approximate surface area is 107 Å². The van der Waals surface area contributed by atoms with Crippen LogP contribution in [0.2, 0.25) is 0 Å². The van der Waals surface area contributed by atoms with Gasteiger partial charge in [0.25, 0.3) is 0 Å². The zero-order valence-electron chi connectivity index (χ0n) is 10.7. The molecule has 0 aromatic rings. The molecule has 0 spiro atoms. The molecule has 0 aromatic heterocycles. The van der Waals surface area contributed by atoms with Crippen LogP contribution in [0, 0.1) is 5.92 Å². The summed E-state index contributed by atoms with van der Waals surface area (Å²) in [5.41, 5.74) is 0. The molecule has 1 saturated heterocycles. The van der Waals surface area contributed by atoms with E-state index < -0.39 is 6.10 Å². The smallest absolute Gasteiger partial charge is 0.243 e. The lowest BCUT2D eigenvalue weighted by molar-refractivity contribution is -0.134. The van der Waals surface area contributed by atoms with Crippen molar-refractivity contribution >= 4 is 11.8 Å². The lowest BCUT2D eigenvalue weighted by atomic mass is 9.99. The predicted octanol–water partition coefficient (Wildman–Crippen LogP) is 0.322. The summed E-state index contributed by atoms with van der Waals surface area (Å²) in [6.07, 6.45) is 6.32. The number of hydrogen-bond acceptors (Lipinski definition) is 4. The lowest BCUT2D eigenvalue weighted by Gasteiger charge is -2.24. The second kappa shape index (κ2) is 6.29. The molecule has 2 unspecified atom stereocenters. The fraction of sp³-hybridized carbons (Fsp3) is 0.846. The van der Waals surface area contributed by atoms with Crippen LogP contribution in [-0.2, 0) is 9.59 Å². The van der Waals surface area contributed by atoms with Crippen LogP contribution in [0.3, 0.4) is 0 Å². The number of carbonyl (C=O) groups is 2. The van der Waals surface area contributed by atoms with Gasteiger partial charge >= 0.3 is 0 Å². The molecule has 5 heteroatoms. The summed E-state index contributed by atoms with van der Waals surface area (Å²) in [6, 6.07) is -0.332. The van der Waals surface area contributed by atoms with Crippen molar-refractivity contribution in [3.05, 3.63) is 0 Å². The Morgan fingerprint density at radius 1 is 1.28 bits per heavy atom. The van der Waals surface area contributed by atoms with Crippen LogP contribution in [0.5, 0.6) is 0 Å². The topological polar surface area (TPSA) is 78.4 Å². The van der Waals surface area contributed by atoms with E-state index in [0.29, 0.717) is 25.3 Å². The first-order chi connectivity index (χ1) is 8.65. The molecule has 0 bridgehead atoms. The van der Waals surface area contributed by atoms with E-state index in [2.05, 4.69) is 10.6 Å². The first kappa shape index (κ1) is 13.5. The van der Waals surface area contributed by atoms with E-state index in [-0.39, 0.29) is 17.9 Å². The van der Waals surface area contributed by atoms with Gasteiger partial charge in [0.15, 0.2) is 0 Å². The fourth-order valence-corrected chi connectivity index (χ4v) is 2.88. The van der Waals surface area contributed by atoms with Crippen molar-refractivity contribution in [2.24, 2.45) is 5.92 Å². The summed E-state index contributed by atoms with van der Waals surface area (Å²) in [7, 11) is 0. The summed E-state index contributed by atoms with van der Waals surface area (Å²) in [4.78, 5) is 22.5. The van der Waals surface area contributed by atoms with Gasteiger partial charge in [0.1, 0.15) is 0 Å². The third kappa shape index (κ3) is 3.78. The van der Waals surface area contributed by atoms with E-state index in [1.54, 1.807) is 0 Å². The molecule has 2 atom stereocenters. The van der Waals surface area contributed by atoms with Gasteiger partial charge in [-0.05, 0) is 18.8 Å². The second-order valence-corrected chi connectivity index (χ2v) is 5.45. The minimum atomic E-state index is -0.390. The van der Waals surface area contributed by atoms with E-state index in [9.17, 15) is 14.7 Å². The minimum absolute atomic E-state index is 0.204. The van der Waals surface area contributed by atoms with Crippen LogP contribution in [0.25, 0.3) is 0 Å². The van der Waals surface area contributed by atoms with Crippen LogP contribution in [0.15, 0.2) is 0 Å². The first-order valence-corrected chi connectivity index (χ1v) is 6.90. The predicted molar refractivity (Wildman–Crippen MR) is 66.8 cm³/mol. The fourth-order valence-electron chi connectivity index (χ4n) is 2.88. The minimum Gasteiger partial charge on any atom is -0.392 e. The third-order valence-corrected chi connectivity index (χ3v) is 3.92. The second-order valence-electron chi connectivity index (χ2n) is 5.45. The molecular formula is C13H22N2O3. The van der Waals surface area contributed by atoms with E-state index in [1.807, 2.05) is 0 Å². The standard InChI is InChI=1S/C13H22N2O3/c16-10(7-9-3-1-2-4-9)8-14-11-5-6-12(17)15-13(11)18/h9-11,14,16H,1-8H2,(H,15,17,18). The van der Waals surface area contributed by atoms with E-state index in [1.165, 1.54) is 25.7 Å². The maximum atomic E-state index is 11.5. The number of amides is 2. The molecule has 2 aliphatic rings. The van der Waals surface area contributed by atoms with Crippen molar-refractivity contribution in [1.29, 1.82) is 0 Å². The van der Waals surface area contributed by atoms with E-state index in [4.69, 9.17) is 0 Å². The Morgan fingerprint density at radius 3 is 2.67 bits per heavy atom. The molecule has 1 saturated carbocycles. The molecule has 1 heterocycles. The number of nitrogens with one attached hydrogen (secondary N) is 2. The molecule has 2 rings (SSSR count). The highest BCUT2D eigenvalue weighted by Gasteiger charge is 2.27. The van der Waals surface area contributed by atoms with E-state index >= 15 is 0 Å². The monoisotopic (exact) mass is 254 g/mol. The number of carbonyl (C=O) groups excluding carboxylic acids is 2. The van der Waals surface area contributed by atoms with Crippen LogP contribution in [0.1, 0.15) is 44.9 Å². The van der Waals surface area contributed by atoms with Gasteiger partial charge in [-0.3, -0.25) is 14.9 Å². The zero-order chi connectivity index (χ0) is 13.0. The number of imide groups is 1. The molecule has 1 aliphatic heterocycles. The Hall–Kier alpha value is -0.940. The molecular weight excluding hydrogens is 232 g/mol. The molecule has 1 aliphatic carbocycles. The molecule has 18 heavy (non-hydrogen) atoms. The van der Waals surface area contributed by atoms with Crippen LogP contribution in [0.4, 0.5) is 0 Å². The summed E-state index contributed by atoms with van der Waals surface area (Å²) < 4.78 is 0. The number of rotatable bonds is 5. The van der Waals surface area contributed by atoms with Crippen molar-refractivity contribution in [2.75, 3.05) is 6.54 Å².